The molecule has 0 saturated carbocycles. The number of hydrogen-bond acceptors (Lipinski definition) is 5. The van der Waals surface area contributed by atoms with Gasteiger partial charge in [-0.05, 0) is 43.4 Å². The maximum absolute atomic E-state index is 12.4. The Bertz CT molecular complexity index is 754. The smallest absolute Gasteiger partial charge is 0.254 e. The average molecular weight is 380 g/mol. The van der Waals surface area contributed by atoms with Crippen molar-refractivity contribution in [1.82, 2.24) is 15.3 Å². The number of amides is 1. The standard InChI is InChI=1S/C18H25N3O2S2/c1-11(2)10-14(15-6-5-9-25-15)20-16(22)8-7-13-12(3)19-18(24-4)21-17(13)23/h5-6,9,11,14H,7-8,10H2,1-4H3,(H,20,22)(H,19,21,23)/t14-/m1/s1. The highest BCUT2D eigenvalue weighted by molar-refractivity contribution is 7.98. The number of thioether (sulfide) groups is 1. The Morgan fingerprint density at radius 1 is 1.44 bits per heavy atom. The van der Waals surface area contributed by atoms with Crippen molar-refractivity contribution in [2.45, 2.75) is 51.2 Å². The first-order valence-electron chi connectivity index (χ1n) is 8.37. The van der Waals surface area contributed by atoms with Gasteiger partial charge in [-0.2, -0.15) is 0 Å². The Morgan fingerprint density at radius 2 is 2.20 bits per heavy atom. The van der Waals surface area contributed by atoms with Crippen LogP contribution in [0.15, 0.2) is 27.5 Å². The van der Waals surface area contributed by atoms with E-state index in [-0.39, 0.29) is 23.9 Å². The van der Waals surface area contributed by atoms with Crippen LogP contribution in [0.4, 0.5) is 0 Å². The molecular weight excluding hydrogens is 354 g/mol. The van der Waals surface area contributed by atoms with Crippen LogP contribution in [-0.4, -0.2) is 22.1 Å². The Balaban J connectivity index is 2.01. The Labute approximate surface area is 156 Å². The first-order chi connectivity index (χ1) is 11.9. The summed E-state index contributed by atoms with van der Waals surface area (Å²) in [6.45, 7) is 6.11. The molecule has 0 aliphatic carbocycles. The number of hydrogen-bond donors (Lipinski definition) is 2. The topological polar surface area (TPSA) is 74.8 Å². The lowest BCUT2D eigenvalue weighted by molar-refractivity contribution is -0.121. The number of nitrogens with one attached hydrogen (secondary N) is 2. The zero-order valence-corrected chi connectivity index (χ0v) is 16.7. The summed E-state index contributed by atoms with van der Waals surface area (Å²) in [6, 6.07) is 4.09. The van der Waals surface area contributed by atoms with Gasteiger partial charge < -0.3 is 10.3 Å². The second-order valence-corrected chi connectivity index (χ2v) is 8.18. The number of aromatic amines is 1. The molecule has 0 aliphatic heterocycles. The molecule has 0 spiro atoms. The third-order valence-electron chi connectivity index (χ3n) is 3.92. The summed E-state index contributed by atoms with van der Waals surface area (Å²) in [7, 11) is 0. The van der Waals surface area contributed by atoms with Gasteiger partial charge >= 0.3 is 0 Å². The quantitative estimate of drug-likeness (QED) is 0.542. The summed E-state index contributed by atoms with van der Waals surface area (Å²) in [5, 5.41) is 5.74. The summed E-state index contributed by atoms with van der Waals surface area (Å²) < 4.78 is 0. The minimum absolute atomic E-state index is 0.0314. The largest absolute Gasteiger partial charge is 0.348 e. The molecule has 0 radical (unpaired) electrons. The van der Waals surface area contributed by atoms with Crippen LogP contribution >= 0.6 is 23.1 Å². The van der Waals surface area contributed by atoms with Gasteiger partial charge in [-0.25, -0.2) is 4.98 Å². The Morgan fingerprint density at radius 3 is 2.76 bits per heavy atom. The summed E-state index contributed by atoms with van der Waals surface area (Å²) in [6.07, 6.45) is 3.44. The molecule has 7 heteroatoms. The van der Waals surface area contributed by atoms with Crippen molar-refractivity contribution in [2.24, 2.45) is 5.92 Å². The van der Waals surface area contributed by atoms with Crippen molar-refractivity contribution in [1.29, 1.82) is 0 Å². The van der Waals surface area contributed by atoms with Crippen LogP contribution in [0.2, 0.25) is 0 Å². The van der Waals surface area contributed by atoms with Crippen LogP contribution in [0.1, 0.15) is 48.9 Å². The number of thiophene rings is 1. The van der Waals surface area contributed by atoms with E-state index in [0.717, 1.165) is 6.42 Å². The minimum atomic E-state index is -0.151. The van der Waals surface area contributed by atoms with E-state index in [1.165, 1.54) is 16.6 Å². The lowest BCUT2D eigenvalue weighted by Crippen LogP contribution is -2.30. The molecule has 25 heavy (non-hydrogen) atoms. The molecule has 0 aromatic carbocycles. The van der Waals surface area contributed by atoms with E-state index in [9.17, 15) is 9.59 Å². The van der Waals surface area contributed by atoms with E-state index < -0.39 is 0 Å². The summed E-state index contributed by atoms with van der Waals surface area (Å²) in [5.74, 6) is 0.451. The van der Waals surface area contributed by atoms with Crippen molar-refractivity contribution in [2.75, 3.05) is 6.26 Å². The molecule has 2 heterocycles. The number of carbonyl (C=O) groups excluding carboxylic acids is 1. The van der Waals surface area contributed by atoms with Gasteiger partial charge in [0.05, 0.1) is 6.04 Å². The van der Waals surface area contributed by atoms with E-state index in [1.54, 1.807) is 11.3 Å². The number of aryl methyl sites for hydroxylation is 1. The van der Waals surface area contributed by atoms with Gasteiger partial charge in [-0.1, -0.05) is 31.7 Å². The van der Waals surface area contributed by atoms with Crippen LogP contribution < -0.4 is 10.9 Å². The molecule has 1 atom stereocenters. The van der Waals surface area contributed by atoms with E-state index in [0.29, 0.717) is 28.8 Å². The number of H-pyrrole nitrogens is 1. The second kappa shape index (κ2) is 9.20. The van der Waals surface area contributed by atoms with Crippen LogP contribution in [0.3, 0.4) is 0 Å². The monoisotopic (exact) mass is 379 g/mol. The van der Waals surface area contributed by atoms with Crippen molar-refractivity contribution in [3.05, 3.63) is 44.0 Å². The lowest BCUT2D eigenvalue weighted by Gasteiger charge is -2.19. The molecule has 0 unspecified atom stereocenters. The first kappa shape index (κ1) is 19.7. The van der Waals surface area contributed by atoms with Crippen molar-refractivity contribution >= 4 is 29.0 Å². The van der Waals surface area contributed by atoms with Crippen LogP contribution in [-0.2, 0) is 11.2 Å². The third kappa shape index (κ3) is 5.71. The molecule has 136 valence electrons. The first-order valence-corrected chi connectivity index (χ1v) is 10.5. The molecule has 0 bridgehead atoms. The molecule has 0 saturated heterocycles. The fourth-order valence-corrected chi connectivity index (χ4v) is 3.90. The predicted octanol–water partition coefficient (Wildman–Crippen LogP) is 3.70. The molecular formula is C18H25N3O2S2. The zero-order valence-electron chi connectivity index (χ0n) is 15.1. The van der Waals surface area contributed by atoms with Gasteiger partial charge in [0.15, 0.2) is 5.16 Å². The highest BCUT2D eigenvalue weighted by Crippen LogP contribution is 2.25. The molecule has 2 rings (SSSR count). The van der Waals surface area contributed by atoms with Gasteiger partial charge in [0.25, 0.3) is 5.56 Å². The summed E-state index contributed by atoms with van der Waals surface area (Å²) in [4.78, 5) is 32.8. The number of carbonyl (C=O) groups is 1. The maximum atomic E-state index is 12.4. The Kier molecular flexibility index (Phi) is 7.25. The average Bonchev–Trinajstić information content (AvgIpc) is 3.07. The molecule has 0 aliphatic rings. The van der Waals surface area contributed by atoms with E-state index in [2.05, 4.69) is 35.2 Å². The van der Waals surface area contributed by atoms with Crippen molar-refractivity contribution < 1.29 is 4.79 Å². The number of aromatic nitrogens is 2. The van der Waals surface area contributed by atoms with E-state index in [4.69, 9.17) is 0 Å². The van der Waals surface area contributed by atoms with Crippen LogP contribution in [0.25, 0.3) is 0 Å². The van der Waals surface area contributed by atoms with Crippen molar-refractivity contribution in [3.63, 3.8) is 0 Å². The second-order valence-electron chi connectivity index (χ2n) is 6.40. The van der Waals surface area contributed by atoms with E-state index in [1.807, 2.05) is 24.6 Å². The summed E-state index contributed by atoms with van der Waals surface area (Å²) >= 11 is 3.05. The fraction of sp³-hybridized carbons (Fsp3) is 0.500. The number of rotatable bonds is 8. The summed E-state index contributed by atoms with van der Waals surface area (Å²) in [5.41, 5.74) is 1.13. The molecule has 2 aromatic rings. The molecule has 5 nitrogen and oxygen atoms in total. The molecule has 2 N–H and O–H groups in total. The molecule has 2 aromatic heterocycles. The Hall–Kier alpha value is -1.60. The predicted molar refractivity (Wildman–Crippen MR) is 104 cm³/mol. The number of nitrogens with zero attached hydrogens (tertiary/aromatic N) is 1. The SMILES string of the molecule is CSc1nc(C)c(CCC(=O)N[C@H](CC(C)C)c2cccs2)c(=O)[nH]1. The fourth-order valence-electron chi connectivity index (χ4n) is 2.69. The maximum Gasteiger partial charge on any atom is 0.254 e. The van der Waals surface area contributed by atoms with Crippen LogP contribution in [0, 0.1) is 12.8 Å². The minimum Gasteiger partial charge on any atom is -0.348 e. The van der Waals surface area contributed by atoms with Gasteiger partial charge in [0, 0.05) is 22.6 Å². The van der Waals surface area contributed by atoms with Gasteiger partial charge in [-0.15, -0.1) is 11.3 Å². The van der Waals surface area contributed by atoms with Gasteiger partial charge in [0.1, 0.15) is 0 Å². The lowest BCUT2D eigenvalue weighted by atomic mass is 10.0. The van der Waals surface area contributed by atoms with Crippen molar-refractivity contribution in [3.8, 4) is 0 Å². The van der Waals surface area contributed by atoms with Gasteiger partial charge in [0.2, 0.25) is 5.91 Å². The highest BCUT2D eigenvalue weighted by atomic mass is 32.2. The zero-order chi connectivity index (χ0) is 18.4. The van der Waals surface area contributed by atoms with Gasteiger partial charge in [-0.3, -0.25) is 9.59 Å². The highest BCUT2D eigenvalue weighted by Gasteiger charge is 2.18. The van der Waals surface area contributed by atoms with E-state index >= 15 is 0 Å². The molecule has 0 fully saturated rings. The third-order valence-corrected chi connectivity index (χ3v) is 5.49. The van der Waals surface area contributed by atoms with Crippen LogP contribution in [0.5, 0.6) is 0 Å². The normalized spacial score (nSPS) is 12.4. The molecule has 1 amide bonds.